The smallest absolute Gasteiger partial charge is 0.335 e. The van der Waals surface area contributed by atoms with Crippen molar-refractivity contribution in [3.8, 4) is 0 Å². The van der Waals surface area contributed by atoms with Crippen LogP contribution in [0.1, 0.15) is 21.5 Å². The molecular formula is C18H19N3O5S. The van der Waals surface area contributed by atoms with Crippen LogP contribution in [0.5, 0.6) is 0 Å². The van der Waals surface area contributed by atoms with E-state index in [0.717, 1.165) is 16.1 Å². The molecule has 0 fully saturated rings. The van der Waals surface area contributed by atoms with Gasteiger partial charge in [-0.2, -0.15) is 9.41 Å². The van der Waals surface area contributed by atoms with Crippen molar-refractivity contribution in [2.24, 2.45) is 5.10 Å². The number of hydrogen-bond donors (Lipinski definition) is 2. The minimum absolute atomic E-state index is 0.0768. The van der Waals surface area contributed by atoms with E-state index < -0.39 is 21.9 Å². The molecule has 0 atom stereocenters. The predicted octanol–water partition coefficient (Wildman–Crippen LogP) is 1.30. The number of nitrogens with zero attached hydrogens (tertiary/aromatic N) is 2. The lowest BCUT2D eigenvalue weighted by molar-refractivity contribution is -0.121. The average Bonchev–Trinajstić information content (AvgIpc) is 2.62. The summed E-state index contributed by atoms with van der Waals surface area (Å²) in [6.07, 6.45) is 2.38. The molecule has 0 aliphatic rings. The number of hydrazone groups is 1. The van der Waals surface area contributed by atoms with Crippen LogP contribution in [0.3, 0.4) is 0 Å². The van der Waals surface area contributed by atoms with E-state index in [1.165, 1.54) is 30.5 Å². The van der Waals surface area contributed by atoms with Gasteiger partial charge in [0.05, 0.1) is 24.6 Å². The molecule has 0 bridgehead atoms. The minimum atomic E-state index is -3.58. The molecule has 0 aromatic heterocycles. The van der Waals surface area contributed by atoms with E-state index in [0.29, 0.717) is 5.56 Å². The molecule has 8 nitrogen and oxygen atoms in total. The first kappa shape index (κ1) is 20.3. The van der Waals surface area contributed by atoms with Crippen molar-refractivity contribution in [2.45, 2.75) is 6.54 Å². The highest BCUT2D eigenvalue weighted by Gasteiger charge is 2.20. The summed E-state index contributed by atoms with van der Waals surface area (Å²) in [7, 11) is -3.58. The molecule has 2 N–H and O–H groups in total. The Morgan fingerprint density at radius 2 is 1.74 bits per heavy atom. The van der Waals surface area contributed by atoms with Gasteiger partial charge in [0.15, 0.2) is 0 Å². The van der Waals surface area contributed by atoms with Crippen LogP contribution in [0.4, 0.5) is 0 Å². The van der Waals surface area contributed by atoms with Crippen LogP contribution < -0.4 is 5.43 Å². The zero-order valence-electron chi connectivity index (χ0n) is 14.6. The monoisotopic (exact) mass is 389 g/mol. The van der Waals surface area contributed by atoms with Gasteiger partial charge in [-0.3, -0.25) is 4.79 Å². The van der Waals surface area contributed by atoms with Gasteiger partial charge < -0.3 is 5.11 Å². The Balaban J connectivity index is 1.96. The van der Waals surface area contributed by atoms with Crippen molar-refractivity contribution < 1.29 is 23.1 Å². The number of carbonyl (C=O) groups excluding carboxylic acids is 1. The van der Waals surface area contributed by atoms with Crippen molar-refractivity contribution in [3.63, 3.8) is 0 Å². The maximum atomic E-state index is 12.0. The van der Waals surface area contributed by atoms with Crippen LogP contribution in [0.25, 0.3) is 0 Å². The summed E-state index contributed by atoms with van der Waals surface area (Å²) in [5.74, 6) is -1.62. The first-order valence-corrected chi connectivity index (χ1v) is 9.75. The van der Waals surface area contributed by atoms with Crippen LogP contribution in [-0.2, 0) is 21.4 Å². The molecule has 2 aromatic carbocycles. The summed E-state index contributed by atoms with van der Waals surface area (Å²) in [6.45, 7) is -0.295. The fourth-order valence-corrected chi connectivity index (χ4v) is 2.90. The normalized spacial score (nSPS) is 11.6. The number of carboxylic acid groups (broad SMARTS) is 1. The van der Waals surface area contributed by atoms with Gasteiger partial charge in [0, 0.05) is 6.54 Å². The number of rotatable bonds is 8. The molecule has 9 heteroatoms. The summed E-state index contributed by atoms with van der Waals surface area (Å²) in [5.41, 5.74) is 3.75. The van der Waals surface area contributed by atoms with Crippen LogP contribution >= 0.6 is 0 Å². The number of hydrogen-bond acceptors (Lipinski definition) is 5. The Bertz CT molecular complexity index is 925. The Morgan fingerprint density at radius 1 is 1.11 bits per heavy atom. The lowest BCUT2D eigenvalue weighted by Crippen LogP contribution is -2.38. The largest absolute Gasteiger partial charge is 0.478 e. The van der Waals surface area contributed by atoms with Crippen LogP contribution in [0, 0.1) is 0 Å². The maximum absolute atomic E-state index is 12.0. The number of carbonyl (C=O) groups is 2. The molecule has 0 saturated heterocycles. The first-order chi connectivity index (χ1) is 12.8. The van der Waals surface area contributed by atoms with Crippen molar-refractivity contribution in [3.05, 3.63) is 71.3 Å². The Labute approximate surface area is 157 Å². The second-order valence-corrected chi connectivity index (χ2v) is 7.72. The lowest BCUT2D eigenvalue weighted by Gasteiger charge is -2.18. The molecule has 142 valence electrons. The van der Waals surface area contributed by atoms with E-state index in [-0.39, 0.29) is 18.7 Å². The molecule has 0 spiro atoms. The van der Waals surface area contributed by atoms with Crippen LogP contribution in [0.15, 0.2) is 59.7 Å². The summed E-state index contributed by atoms with van der Waals surface area (Å²) in [5, 5.41) is 12.6. The molecule has 0 saturated carbocycles. The third-order valence-electron chi connectivity index (χ3n) is 3.55. The number of nitrogens with one attached hydrogen (secondary N) is 1. The van der Waals surface area contributed by atoms with Crippen molar-refractivity contribution >= 4 is 28.1 Å². The van der Waals surface area contributed by atoms with E-state index in [9.17, 15) is 18.0 Å². The second-order valence-electron chi connectivity index (χ2n) is 5.74. The highest BCUT2D eigenvalue weighted by molar-refractivity contribution is 7.88. The summed E-state index contributed by atoms with van der Waals surface area (Å²) < 4.78 is 24.9. The van der Waals surface area contributed by atoms with Gasteiger partial charge >= 0.3 is 5.97 Å². The number of benzene rings is 2. The lowest BCUT2D eigenvalue weighted by atomic mass is 10.1. The maximum Gasteiger partial charge on any atom is 0.335 e. The van der Waals surface area contributed by atoms with Gasteiger partial charge in [-0.1, -0.05) is 42.5 Å². The van der Waals surface area contributed by atoms with Crippen molar-refractivity contribution in [1.29, 1.82) is 0 Å². The molecular weight excluding hydrogens is 370 g/mol. The first-order valence-electron chi connectivity index (χ1n) is 7.90. The fourth-order valence-electron chi connectivity index (χ4n) is 2.16. The topological polar surface area (TPSA) is 116 Å². The van der Waals surface area contributed by atoms with Crippen molar-refractivity contribution in [2.75, 3.05) is 12.8 Å². The zero-order valence-corrected chi connectivity index (χ0v) is 15.4. The van der Waals surface area contributed by atoms with Crippen LogP contribution in [-0.4, -0.2) is 48.7 Å². The molecule has 2 aromatic rings. The Kier molecular flexibility index (Phi) is 6.80. The summed E-state index contributed by atoms with van der Waals surface area (Å²) >= 11 is 0. The Hall–Kier alpha value is -3.04. The summed E-state index contributed by atoms with van der Waals surface area (Å²) in [4.78, 5) is 22.8. The van der Waals surface area contributed by atoms with Gasteiger partial charge in [-0.05, 0) is 23.3 Å². The zero-order chi connectivity index (χ0) is 19.9. The quantitative estimate of drug-likeness (QED) is 0.521. The molecule has 0 unspecified atom stereocenters. The van der Waals surface area contributed by atoms with E-state index >= 15 is 0 Å². The van der Waals surface area contributed by atoms with Crippen molar-refractivity contribution in [1.82, 2.24) is 9.73 Å². The van der Waals surface area contributed by atoms with E-state index in [1.807, 2.05) is 6.07 Å². The Morgan fingerprint density at radius 3 is 2.30 bits per heavy atom. The number of carboxylic acids is 1. The third-order valence-corrected chi connectivity index (χ3v) is 4.75. The standard InChI is InChI=1S/C18H19N3O5S/c1-27(25,26)21(12-15-5-3-2-4-6-15)13-17(22)20-19-11-14-7-9-16(10-8-14)18(23)24/h2-11H,12-13H2,1H3,(H,20,22)(H,23,24)/b19-11-. The third kappa shape index (κ3) is 6.65. The second kappa shape index (κ2) is 9.06. The molecule has 0 aliphatic heterocycles. The van der Waals surface area contributed by atoms with E-state index in [4.69, 9.17) is 5.11 Å². The van der Waals surface area contributed by atoms with Gasteiger partial charge in [0.1, 0.15) is 0 Å². The number of aromatic carboxylic acids is 1. The molecule has 2 rings (SSSR count). The molecule has 27 heavy (non-hydrogen) atoms. The fraction of sp³-hybridized carbons (Fsp3) is 0.167. The predicted molar refractivity (Wildman–Crippen MR) is 101 cm³/mol. The van der Waals surface area contributed by atoms with Gasteiger partial charge in [0.25, 0.3) is 5.91 Å². The highest BCUT2D eigenvalue weighted by Crippen LogP contribution is 2.08. The van der Waals surface area contributed by atoms with Gasteiger partial charge in [-0.15, -0.1) is 0 Å². The van der Waals surface area contributed by atoms with E-state index in [2.05, 4.69) is 10.5 Å². The molecule has 0 aliphatic carbocycles. The summed E-state index contributed by atoms with van der Waals surface area (Å²) in [6, 6.07) is 14.8. The minimum Gasteiger partial charge on any atom is -0.478 e. The SMILES string of the molecule is CS(=O)(=O)N(CC(=O)N/N=C\c1ccc(C(=O)O)cc1)Cc1ccccc1. The number of amides is 1. The van der Waals surface area contributed by atoms with Crippen LogP contribution in [0.2, 0.25) is 0 Å². The van der Waals surface area contributed by atoms with Gasteiger partial charge in [0.2, 0.25) is 10.0 Å². The average molecular weight is 389 g/mol. The van der Waals surface area contributed by atoms with E-state index in [1.54, 1.807) is 24.3 Å². The van der Waals surface area contributed by atoms with Gasteiger partial charge in [-0.25, -0.2) is 18.6 Å². The highest BCUT2D eigenvalue weighted by atomic mass is 32.2. The molecule has 0 radical (unpaired) electrons. The molecule has 0 heterocycles. The molecule has 1 amide bonds. The number of sulfonamides is 1.